The number of benzene rings is 1. The highest BCUT2D eigenvalue weighted by Crippen LogP contribution is 2.30. The summed E-state index contributed by atoms with van der Waals surface area (Å²) in [5, 5.41) is 0. The Bertz CT molecular complexity index is 653. The van der Waals surface area contributed by atoms with Crippen LogP contribution >= 0.6 is 0 Å². The molecule has 5 rings (SSSR count). The lowest BCUT2D eigenvalue weighted by Gasteiger charge is -2.44. The van der Waals surface area contributed by atoms with Crippen molar-refractivity contribution in [2.24, 2.45) is 5.92 Å². The van der Waals surface area contributed by atoms with E-state index in [2.05, 4.69) is 39.0 Å². The van der Waals surface area contributed by atoms with Gasteiger partial charge in [-0.25, -0.2) is 0 Å². The van der Waals surface area contributed by atoms with Gasteiger partial charge in [-0.2, -0.15) is 0 Å². The van der Waals surface area contributed by atoms with Crippen LogP contribution in [0.4, 0.5) is 0 Å². The predicted octanol–water partition coefficient (Wildman–Crippen LogP) is 2.56. The number of nitrogens with zero attached hydrogens (tertiary/aromatic N) is 3. The summed E-state index contributed by atoms with van der Waals surface area (Å²) in [7, 11) is 0. The molecule has 3 fully saturated rings. The van der Waals surface area contributed by atoms with Gasteiger partial charge in [0.25, 0.3) is 0 Å². The molecular formula is C23H33N3O. The first kappa shape index (κ1) is 17.7. The number of fused-ring (bicyclic) bond motifs is 1. The molecular weight excluding hydrogens is 334 g/mol. The summed E-state index contributed by atoms with van der Waals surface area (Å²) in [5.41, 5.74) is 3.13. The highest BCUT2D eigenvalue weighted by Gasteiger charge is 2.36. The van der Waals surface area contributed by atoms with Gasteiger partial charge in [0.05, 0.1) is 5.92 Å². The zero-order valence-electron chi connectivity index (χ0n) is 16.5. The van der Waals surface area contributed by atoms with Crippen LogP contribution < -0.4 is 0 Å². The van der Waals surface area contributed by atoms with Gasteiger partial charge in [-0.05, 0) is 75.7 Å². The molecule has 3 saturated heterocycles. The molecule has 4 aliphatic rings. The third-order valence-corrected chi connectivity index (χ3v) is 7.53. The number of carbonyl (C=O) groups is 1. The molecule has 1 aromatic carbocycles. The second kappa shape index (κ2) is 7.56. The van der Waals surface area contributed by atoms with Crippen LogP contribution in [-0.2, 0) is 17.6 Å². The molecule has 4 nitrogen and oxygen atoms in total. The van der Waals surface area contributed by atoms with Crippen LogP contribution in [0.15, 0.2) is 24.3 Å². The van der Waals surface area contributed by atoms with Gasteiger partial charge in [0.1, 0.15) is 0 Å². The van der Waals surface area contributed by atoms with E-state index in [0.717, 1.165) is 26.1 Å². The van der Waals surface area contributed by atoms with Gasteiger partial charge in [0.15, 0.2) is 0 Å². The summed E-state index contributed by atoms with van der Waals surface area (Å²) in [6.07, 6.45) is 8.52. The zero-order chi connectivity index (χ0) is 18.2. The minimum Gasteiger partial charge on any atom is -0.342 e. The van der Waals surface area contributed by atoms with Crippen molar-refractivity contribution >= 4 is 5.91 Å². The molecule has 1 aromatic rings. The van der Waals surface area contributed by atoms with Crippen LogP contribution in [0, 0.1) is 5.92 Å². The second-order valence-electron chi connectivity index (χ2n) is 9.11. The van der Waals surface area contributed by atoms with E-state index in [-0.39, 0.29) is 5.92 Å². The molecule has 1 atom stereocenters. The van der Waals surface area contributed by atoms with E-state index in [4.69, 9.17) is 0 Å². The molecule has 1 amide bonds. The summed E-state index contributed by atoms with van der Waals surface area (Å²) in [6.45, 7) is 6.66. The highest BCUT2D eigenvalue weighted by molar-refractivity contribution is 5.79. The Labute approximate surface area is 163 Å². The molecule has 27 heavy (non-hydrogen) atoms. The monoisotopic (exact) mass is 367 g/mol. The Hall–Kier alpha value is -1.39. The summed E-state index contributed by atoms with van der Waals surface area (Å²) >= 11 is 0. The maximum Gasteiger partial charge on any atom is 0.226 e. The van der Waals surface area contributed by atoms with Crippen LogP contribution in [-0.4, -0.2) is 72.0 Å². The lowest BCUT2D eigenvalue weighted by atomic mass is 9.91. The van der Waals surface area contributed by atoms with E-state index in [0.29, 0.717) is 18.0 Å². The highest BCUT2D eigenvalue weighted by atomic mass is 16.2. The van der Waals surface area contributed by atoms with Gasteiger partial charge < -0.3 is 4.90 Å². The Kier molecular flexibility index (Phi) is 4.95. The minimum absolute atomic E-state index is 0.265. The van der Waals surface area contributed by atoms with Gasteiger partial charge in [0, 0.05) is 31.7 Å². The molecule has 0 N–H and O–H groups in total. The second-order valence-corrected chi connectivity index (χ2v) is 9.11. The Morgan fingerprint density at radius 2 is 1.48 bits per heavy atom. The van der Waals surface area contributed by atoms with Gasteiger partial charge in [-0.15, -0.1) is 0 Å². The van der Waals surface area contributed by atoms with Crippen LogP contribution in [0.1, 0.15) is 43.2 Å². The topological polar surface area (TPSA) is 26.8 Å². The van der Waals surface area contributed by atoms with Crippen molar-refractivity contribution in [1.82, 2.24) is 14.7 Å². The van der Waals surface area contributed by atoms with Crippen LogP contribution in [0.5, 0.6) is 0 Å². The molecule has 3 aliphatic heterocycles. The number of rotatable bonds is 3. The maximum absolute atomic E-state index is 12.6. The average molecular weight is 368 g/mol. The normalized spacial score (nSPS) is 28.1. The van der Waals surface area contributed by atoms with Crippen molar-refractivity contribution in [3.8, 4) is 0 Å². The fourth-order valence-electron chi connectivity index (χ4n) is 5.74. The van der Waals surface area contributed by atoms with Crippen molar-refractivity contribution in [2.45, 2.75) is 57.0 Å². The Morgan fingerprint density at radius 3 is 2.11 bits per heavy atom. The molecule has 0 saturated carbocycles. The lowest BCUT2D eigenvalue weighted by Crippen LogP contribution is -2.54. The lowest BCUT2D eigenvalue weighted by molar-refractivity contribution is -0.141. The van der Waals surface area contributed by atoms with E-state index in [1.54, 1.807) is 11.1 Å². The minimum atomic E-state index is 0.265. The quantitative estimate of drug-likeness (QED) is 0.822. The fraction of sp³-hybridized carbons (Fsp3) is 0.696. The number of hydrogen-bond acceptors (Lipinski definition) is 3. The van der Waals surface area contributed by atoms with Crippen molar-refractivity contribution < 1.29 is 4.79 Å². The number of carbonyl (C=O) groups excluding carboxylic acids is 1. The largest absolute Gasteiger partial charge is 0.342 e. The van der Waals surface area contributed by atoms with E-state index in [1.807, 2.05) is 0 Å². The summed E-state index contributed by atoms with van der Waals surface area (Å²) in [4.78, 5) is 20.1. The molecule has 4 heteroatoms. The average Bonchev–Trinajstić information content (AvgIpc) is 3.11. The van der Waals surface area contributed by atoms with Gasteiger partial charge >= 0.3 is 0 Å². The van der Waals surface area contributed by atoms with E-state index < -0.39 is 0 Å². The number of hydrogen-bond donors (Lipinski definition) is 0. The fourth-order valence-corrected chi connectivity index (χ4v) is 5.74. The zero-order valence-corrected chi connectivity index (χ0v) is 16.5. The summed E-state index contributed by atoms with van der Waals surface area (Å²) < 4.78 is 0. The SMILES string of the molecule is O=C([C@@H]1CCCN(C2CCN(C3Cc4ccccc4C3)CC2)C1)N1CCC1. The third-order valence-electron chi connectivity index (χ3n) is 7.53. The standard InChI is InChI=1S/C23H33N3O/c27-23(25-11-4-12-25)20-7-3-10-26(17-20)21-8-13-24(14-9-21)22-15-18-5-1-2-6-19(18)16-22/h1-2,5-6,20-22H,3-4,7-17H2/t20-/m1/s1. The Morgan fingerprint density at radius 1 is 0.778 bits per heavy atom. The van der Waals surface area contributed by atoms with Crippen molar-refractivity contribution in [3.63, 3.8) is 0 Å². The van der Waals surface area contributed by atoms with E-state index in [1.165, 1.54) is 58.2 Å². The first-order valence-electron chi connectivity index (χ1n) is 11.1. The van der Waals surface area contributed by atoms with Crippen molar-refractivity contribution in [3.05, 3.63) is 35.4 Å². The first-order chi connectivity index (χ1) is 13.3. The van der Waals surface area contributed by atoms with Gasteiger partial charge in [-0.1, -0.05) is 24.3 Å². The molecule has 3 heterocycles. The van der Waals surface area contributed by atoms with Crippen molar-refractivity contribution in [2.75, 3.05) is 39.3 Å². The molecule has 146 valence electrons. The van der Waals surface area contributed by atoms with E-state index in [9.17, 15) is 4.79 Å². The number of amides is 1. The van der Waals surface area contributed by atoms with Crippen molar-refractivity contribution in [1.29, 1.82) is 0 Å². The van der Waals surface area contributed by atoms with E-state index >= 15 is 0 Å². The van der Waals surface area contributed by atoms with Gasteiger partial charge in [-0.3, -0.25) is 14.6 Å². The third kappa shape index (κ3) is 3.54. The molecule has 0 aromatic heterocycles. The Balaban J connectivity index is 1.13. The maximum atomic E-state index is 12.6. The summed E-state index contributed by atoms with van der Waals surface area (Å²) in [5.74, 6) is 0.702. The number of likely N-dealkylation sites (tertiary alicyclic amines) is 3. The van der Waals surface area contributed by atoms with Crippen LogP contribution in [0.2, 0.25) is 0 Å². The van der Waals surface area contributed by atoms with Crippen LogP contribution in [0.25, 0.3) is 0 Å². The van der Waals surface area contributed by atoms with Gasteiger partial charge in [0.2, 0.25) is 5.91 Å². The number of piperidine rings is 2. The molecule has 1 aliphatic carbocycles. The first-order valence-corrected chi connectivity index (χ1v) is 11.1. The van der Waals surface area contributed by atoms with Crippen LogP contribution in [0.3, 0.4) is 0 Å². The molecule has 0 spiro atoms. The molecule has 0 radical (unpaired) electrons. The summed E-state index contributed by atoms with van der Waals surface area (Å²) in [6, 6.07) is 10.4. The smallest absolute Gasteiger partial charge is 0.226 e. The molecule has 0 unspecified atom stereocenters. The molecule has 0 bridgehead atoms. The predicted molar refractivity (Wildman–Crippen MR) is 108 cm³/mol.